The third kappa shape index (κ3) is 3.35. The molecule has 1 aromatic rings. The Morgan fingerprint density at radius 3 is 2.54 bits per heavy atom. The molecule has 13 heavy (non-hydrogen) atoms. The molecular formula is C10H14FNS. The van der Waals surface area contributed by atoms with E-state index in [9.17, 15) is 4.39 Å². The summed E-state index contributed by atoms with van der Waals surface area (Å²) in [4.78, 5) is 3.79. The summed E-state index contributed by atoms with van der Waals surface area (Å²) in [6.07, 6.45) is 0. The average Bonchev–Trinajstić information content (AvgIpc) is 2.04. The minimum absolute atomic E-state index is 0.402. The van der Waals surface area contributed by atoms with Gasteiger partial charge in [0.15, 0.2) is 0 Å². The van der Waals surface area contributed by atoms with E-state index in [1.54, 1.807) is 17.8 Å². The van der Waals surface area contributed by atoms with Crippen molar-refractivity contribution >= 4 is 11.8 Å². The first-order valence-electron chi connectivity index (χ1n) is 4.39. The van der Waals surface area contributed by atoms with Crippen molar-refractivity contribution in [1.82, 2.24) is 4.98 Å². The monoisotopic (exact) mass is 199 g/mol. The third-order valence-electron chi connectivity index (χ3n) is 1.94. The van der Waals surface area contributed by atoms with Gasteiger partial charge in [-0.25, -0.2) is 4.98 Å². The second-order valence-corrected chi connectivity index (χ2v) is 4.76. The summed E-state index contributed by atoms with van der Waals surface area (Å²) in [5.74, 6) is 0.177. The second-order valence-electron chi connectivity index (χ2n) is 3.37. The van der Waals surface area contributed by atoms with E-state index in [1.807, 2.05) is 6.07 Å². The molecule has 0 aliphatic rings. The summed E-state index contributed by atoms with van der Waals surface area (Å²) in [5.41, 5.74) is 0. The number of thioether (sulfide) groups is 1. The highest BCUT2D eigenvalue weighted by molar-refractivity contribution is 7.99. The molecule has 0 fully saturated rings. The Kier molecular flexibility index (Phi) is 3.72. The molecule has 0 N–H and O–H groups in total. The number of hydrogen-bond donors (Lipinski definition) is 0. The summed E-state index contributed by atoms with van der Waals surface area (Å²) in [7, 11) is 0. The molecule has 3 heteroatoms. The van der Waals surface area contributed by atoms with Crippen molar-refractivity contribution in [3.63, 3.8) is 0 Å². The summed E-state index contributed by atoms with van der Waals surface area (Å²) in [6.45, 7) is 6.43. The molecule has 1 atom stereocenters. The summed E-state index contributed by atoms with van der Waals surface area (Å²) in [6, 6.07) is 4.90. The first-order chi connectivity index (χ1) is 6.09. The molecule has 72 valence electrons. The van der Waals surface area contributed by atoms with Crippen molar-refractivity contribution < 1.29 is 4.39 Å². The van der Waals surface area contributed by atoms with Crippen molar-refractivity contribution in [2.45, 2.75) is 31.0 Å². The number of hydrogen-bond acceptors (Lipinski definition) is 2. The van der Waals surface area contributed by atoms with Crippen molar-refractivity contribution in [3.05, 3.63) is 24.1 Å². The van der Waals surface area contributed by atoms with Gasteiger partial charge in [0.05, 0.1) is 5.03 Å². The maximum absolute atomic E-state index is 12.7. The zero-order chi connectivity index (χ0) is 9.84. The molecule has 0 aliphatic heterocycles. The van der Waals surface area contributed by atoms with Crippen LogP contribution in [-0.2, 0) is 0 Å². The largest absolute Gasteiger partial charge is 0.213 e. The molecule has 0 spiro atoms. The molecule has 0 bridgehead atoms. The smallest absolute Gasteiger partial charge is 0.213 e. The summed E-state index contributed by atoms with van der Waals surface area (Å²) >= 11 is 1.61. The van der Waals surface area contributed by atoms with Crippen LogP contribution in [0.1, 0.15) is 20.8 Å². The van der Waals surface area contributed by atoms with Crippen LogP contribution >= 0.6 is 11.8 Å². The van der Waals surface area contributed by atoms with Crippen LogP contribution < -0.4 is 0 Å². The molecular weight excluding hydrogens is 185 g/mol. The van der Waals surface area contributed by atoms with Gasteiger partial charge in [-0.3, -0.25) is 0 Å². The molecule has 0 radical (unpaired) electrons. The lowest BCUT2D eigenvalue weighted by molar-refractivity contribution is 0.571. The van der Waals surface area contributed by atoms with Crippen LogP contribution in [0.25, 0.3) is 0 Å². The Morgan fingerprint density at radius 2 is 2.00 bits per heavy atom. The fourth-order valence-corrected chi connectivity index (χ4v) is 1.73. The molecule has 1 nitrogen and oxygen atoms in total. The Bertz CT molecular complexity index is 275. The van der Waals surface area contributed by atoms with E-state index >= 15 is 0 Å². The Hall–Kier alpha value is -0.570. The first-order valence-corrected chi connectivity index (χ1v) is 5.27. The van der Waals surface area contributed by atoms with Crippen LogP contribution in [0.3, 0.4) is 0 Å². The van der Waals surface area contributed by atoms with Gasteiger partial charge < -0.3 is 0 Å². The molecule has 1 unspecified atom stereocenters. The van der Waals surface area contributed by atoms with Gasteiger partial charge in [0.1, 0.15) is 0 Å². The van der Waals surface area contributed by atoms with Crippen LogP contribution in [0.5, 0.6) is 0 Å². The lowest BCUT2D eigenvalue weighted by atomic mass is 10.2. The number of nitrogens with zero attached hydrogens (tertiary/aromatic N) is 1. The van der Waals surface area contributed by atoms with Gasteiger partial charge in [0.25, 0.3) is 0 Å². The van der Waals surface area contributed by atoms with Crippen LogP contribution in [0.15, 0.2) is 23.2 Å². The van der Waals surface area contributed by atoms with E-state index in [0.717, 1.165) is 5.03 Å². The predicted molar refractivity (Wildman–Crippen MR) is 54.4 cm³/mol. The van der Waals surface area contributed by atoms with Gasteiger partial charge in [-0.05, 0) is 18.1 Å². The van der Waals surface area contributed by atoms with E-state index in [0.29, 0.717) is 11.2 Å². The zero-order valence-corrected chi connectivity index (χ0v) is 8.94. The Balaban J connectivity index is 2.64. The van der Waals surface area contributed by atoms with E-state index < -0.39 is 5.95 Å². The van der Waals surface area contributed by atoms with Crippen molar-refractivity contribution in [2.75, 3.05) is 0 Å². The van der Waals surface area contributed by atoms with E-state index in [1.165, 1.54) is 6.07 Å². The minimum Gasteiger partial charge on any atom is -0.213 e. The second kappa shape index (κ2) is 4.61. The molecule has 0 amide bonds. The highest BCUT2D eigenvalue weighted by Gasteiger charge is 2.09. The summed E-state index contributed by atoms with van der Waals surface area (Å²) < 4.78 is 12.7. The Morgan fingerprint density at radius 1 is 1.31 bits per heavy atom. The van der Waals surface area contributed by atoms with Crippen molar-refractivity contribution in [1.29, 1.82) is 0 Å². The highest BCUT2D eigenvalue weighted by atomic mass is 32.2. The fraction of sp³-hybridized carbons (Fsp3) is 0.500. The van der Waals surface area contributed by atoms with E-state index in [4.69, 9.17) is 0 Å². The van der Waals surface area contributed by atoms with Gasteiger partial charge in [0.2, 0.25) is 5.95 Å². The van der Waals surface area contributed by atoms with Crippen LogP contribution in [-0.4, -0.2) is 10.2 Å². The SMILES string of the molecule is CC(C)C(C)Sc1cccc(F)n1. The molecule has 1 heterocycles. The minimum atomic E-state index is -0.402. The lowest BCUT2D eigenvalue weighted by Crippen LogP contribution is -2.05. The maximum atomic E-state index is 12.7. The Labute approximate surface area is 82.8 Å². The molecule has 0 aliphatic carbocycles. The van der Waals surface area contributed by atoms with Crippen LogP contribution in [0, 0.1) is 11.9 Å². The maximum Gasteiger partial charge on any atom is 0.213 e. The summed E-state index contributed by atoms with van der Waals surface area (Å²) in [5, 5.41) is 1.23. The van der Waals surface area contributed by atoms with Crippen molar-refractivity contribution in [3.8, 4) is 0 Å². The number of pyridine rings is 1. The van der Waals surface area contributed by atoms with E-state index in [-0.39, 0.29) is 0 Å². The van der Waals surface area contributed by atoms with E-state index in [2.05, 4.69) is 25.8 Å². The zero-order valence-electron chi connectivity index (χ0n) is 8.12. The average molecular weight is 199 g/mol. The lowest BCUT2D eigenvalue weighted by Gasteiger charge is -2.13. The topological polar surface area (TPSA) is 12.9 Å². The normalized spacial score (nSPS) is 13.3. The number of rotatable bonds is 3. The molecule has 0 aromatic carbocycles. The first kappa shape index (κ1) is 10.5. The quantitative estimate of drug-likeness (QED) is 0.547. The van der Waals surface area contributed by atoms with Gasteiger partial charge in [-0.2, -0.15) is 4.39 Å². The molecule has 0 saturated heterocycles. The number of aromatic nitrogens is 1. The van der Waals surface area contributed by atoms with Crippen molar-refractivity contribution in [2.24, 2.45) is 5.92 Å². The molecule has 1 rings (SSSR count). The molecule has 0 saturated carbocycles. The number of halogens is 1. The van der Waals surface area contributed by atoms with Gasteiger partial charge >= 0.3 is 0 Å². The highest BCUT2D eigenvalue weighted by Crippen LogP contribution is 2.25. The van der Waals surface area contributed by atoms with Gasteiger partial charge in [-0.15, -0.1) is 11.8 Å². The van der Waals surface area contributed by atoms with Crippen LogP contribution in [0.4, 0.5) is 4.39 Å². The van der Waals surface area contributed by atoms with Crippen LogP contribution in [0.2, 0.25) is 0 Å². The standard InChI is InChI=1S/C10H14FNS/c1-7(2)8(3)13-10-6-4-5-9(11)12-10/h4-8H,1-3H3. The fourth-order valence-electron chi connectivity index (χ4n) is 0.782. The third-order valence-corrected chi connectivity index (χ3v) is 3.32. The van der Waals surface area contributed by atoms with Gasteiger partial charge in [0, 0.05) is 5.25 Å². The molecule has 1 aromatic heterocycles. The predicted octanol–water partition coefficient (Wildman–Crippen LogP) is 3.36. The van der Waals surface area contributed by atoms with Gasteiger partial charge in [-0.1, -0.05) is 26.8 Å².